The highest BCUT2D eigenvalue weighted by atomic mass is 16.4. The molecule has 6 N–H and O–H groups in total. The van der Waals surface area contributed by atoms with Gasteiger partial charge in [-0.1, -0.05) is 71.1 Å². The van der Waals surface area contributed by atoms with E-state index in [4.69, 9.17) is 10.2 Å². The summed E-state index contributed by atoms with van der Waals surface area (Å²) in [5.41, 5.74) is 0. The fourth-order valence-electron chi connectivity index (χ4n) is 2.19. The highest BCUT2D eigenvalue weighted by molar-refractivity contribution is 5.92. The largest absolute Gasteiger partial charge is 0.481 e. The van der Waals surface area contributed by atoms with Crippen LogP contribution in [0.5, 0.6) is 0 Å². The van der Waals surface area contributed by atoms with Gasteiger partial charge in [-0.3, -0.25) is 21.3 Å². The van der Waals surface area contributed by atoms with Crippen molar-refractivity contribution in [1.82, 2.24) is 0 Å². The van der Waals surface area contributed by atoms with Gasteiger partial charge in [0.25, 0.3) is 0 Å². The standard InChI is InChI=1S/C15H28O4.H4N2/c1-2-3-4-5-6-7-8-9-10-11-12-13(14(16)17)15(18)19;1-2/h13H,2-12H2,1H3,(H,16,17)(H,18,19);1-2H2. The molecule has 126 valence electrons. The van der Waals surface area contributed by atoms with Gasteiger partial charge < -0.3 is 10.2 Å². The van der Waals surface area contributed by atoms with Gasteiger partial charge in [-0.25, -0.2) is 0 Å². The Kier molecular flexibility index (Phi) is 17.8. The first-order chi connectivity index (χ1) is 10.1. The molecule has 0 spiro atoms. The van der Waals surface area contributed by atoms with E-state index in [0.717, 1.165) is 12.8 Å². The average Bonchev–Trinajstić information content (AvgIpc) is 2.46. The molecule has 0 aromatic heterocycles. The third-order valence-corrected chi connectivity index (χ3v) is 3.44. The van der Waals surface area contributed by atoms with E-state index in [-0.39, 0.29) is 6.42 Å². The Bertz CT molecular complexity index is 246. The van der Waals surface area contributed by atoms with Crippen molar-refractivity contribution in [2.45, 2.75) is 77.6 Å². The van der Waals surface area contributed by atoms with Gasteiger partial charge in [0, 0.05) is 0 Å². The zero-order valence-corrected chi connectivity index (χ0v) is 13.2. The molecule has 0 amide bonds. The molecule has 0 saturated heterocycles. The van der Waals surface area contributed by atoms with Crippen molar-refractivity contribution in [3.63, 3.8) is 0 Å². The zero-order chi connectivity index (χ0) is 16.5. The minimum atomic E-state index is -1.23. The predicted molar refractivity (Wildman–Crippen MR) is 83.6 cm³/mol. The summed E-state index contributed by atoms with van der Waals surface area (Å²) in [5, 5.41) is 17.4. The third kappa shape index (κ3) is 15.1. The molecule has 0 bridgehead atoms. The highest BCUT2D eigenvalue weighted by Gasteiger charge is 2.24. The van der Waals surface area contributed by atoms with Crippen LogP contribution in [0.3, 0.4) is 0 Å². The minimum absolute atomic E-state index is 0.251. The zero-order valence-electron chi connectivity index (χ0n) is 13.2. The van der Waals surface area contributed by atoms with Crippen molar-refractivity contribution >= 4 is 11.9 Å². The average molecular weight is 304 g/mol. The molecule has 6 heteroatoms. The normalized spacial score (nSPS) is 10.1. The lowest BCUT2D eigenvalue weighted by molar-refractivity contribution is -0.154. The van der Waals surface area contributed by atoms with Crippen molar-refractivity contribution in [3.05, 3.63) is 0 Å². The van der Waals surface area contributed by atoms with Gasteiger partial charge in [-0.05, 0) is 6.42 Å². The molecule has 0 atom stereocenters. The summed E-state index contributed by atoms with van der Waals surface area (Å²) in [6.45, 7) is 2.21. The van der Waals surface area contributed by atoms with Gasteiger partial charge in [-0.15, -0.1) is 0 Å². The Hall–Kier alpha value is -1.14. The Morgan fingerprint density at radius 3 is 1.43 bits per heavy atom. The number of carbonyl (C=O) groups is 2. The number of nitrogens with two attached hydrogens (primary N) is 2. The van der Waals surface area contributed by atoms with Crippen molar-refractivity contribution in [1.29, 1.82) is 0 Å². The van der Waals surface area contributed by atoms with Gasteiger partial charge in [0.05, 0.1) is 0 Å². The second-order valence-electron chi connectivity index (χ2n) is 5.20. The number of hydrogen-bond acceptors (Lipinski definition) is 4. The second kappa shape index (κ2) is 16.9. The summed E-state index contributed by atoms with van der Waals surface area (Å²) in [6.07, 6.45) is 11.9. The first kappa shape index (κ1) is 22.1. The molecule has 0 aliphatic rings. The maximum absolute atomic E-state index is 10.7. The molecule has 0 rings (SSSR count). The van der Waals surface area contributed by atoms with Crippen molar-refractivity contribution < 1.29 is 19.8 Å². The monoisotopic (exact) mass is 304 g/mol. The second-order valence-corrected chi connectivity index (χ2v) is 5.20. The maximum Gasteiger partial charge on any atom is 0.317 e. The van der Waals surface area contributed by atoms with Crippen LogP contribution in [-0.2, 0) is 9.59 Å². The molecule has 21 heavy (non-hydrogen) atoms. The number of carboxylic acid groups (broad SMARTS) is 2. The van der Waals surface area contributed by atoms with Gasteiger partial charge in [0.15, 0.2) is 5.92 Å². The molecule has 0 heterocycles. The van der Waals surface area contributed by atoms with Crippen LogP contribution < -0.4 is 11.7 Å². The van der Waals surface area contributed by atoms with Gasteiger partial charge in [0.1, 0.15) is 0 Å². The van der Waals surface area contributed by atoms with Crippen LogP contribution in [0.15, 0.2) is 0 Å². The number of hydrazine groups is 1. The van der Waals surface area contributed by atoms with E-state index < -0.39 is 17.9 Å². The van der Waals surface area contributed by atoms with E-state index in [1.165, 1.54) is 44.9 Å². The van der Waals surface area contributed by atoms with Crippen LogP contribution in [0.2, 0.25) is 0 Å². The topological polar surface area (TPSA) is 127 Å². The summed E-state index contributed by atoms with van der Waals surface area (Å²) < 4.78 is 0. The maximum atomic E-state index is 10.7. The quantitative estimate of drug-likeness (QED) is 0.179. The molecule has 0 aliphatic carbocycles. The summed E-state index contributed by atoms with van der Waals surface area (Å²) in [4.78, 5) is 21.3. The van der Waals surface area contributed by atoms with E-state index in [1.807, 2.05) is 0 Å². The van der Waals surface area contributed by atoms with E-state index in [9.17, 15) is 9.59 Å². The molecule has 0 unspecified atom stereocenters. The minimum Gasteiger partial charge on any atom is -0.481 e. The lowest BCUT2D eigenvalue weighted by Crippen LogP contribution is -2.23. The van der Waals surface area contributed by atoms with Crippen LogP contribution >= 0.6 is 0 Å². The number of carboxylic acids is 2. The SMILES string of the molecule is CCCCCCCCCCCCC(C(=O)O)C(=O)O.NN. The molecule has 6 nitrogen and oxygen atoms in total. The van der Waals surface area contributed by atoms with Crippen LogP contribution in [0.1, 0.15) is 77.6 Å². The Balaban J connectivity index is 0. The molecule has 0 aromatic rings. The van der Waals surface area contributed by atoms with Crippen molar-refractivity contribution in [2.24, 2.45) is 17.6 Å². The predicted octanol–water partition coefficient (Wildman–Crippen LogP) is 2.90. The lowest BCUT2D eigenvalue weighted by Gasteiger charge is -2.06. The number of unbranched alkanes of at least 4 members (excludes halogenated alkanes) is 9. The molecule has 0 aromatic carbocycles. The fraction of sp³-hybridized carbons (Fsp3) is 0.867. The molecule has 0 radical (unpaired) electrons. The Morgan fingerprint density at radius 1 is 0.762 bits per heavy atom. The molecule has 0 fully saturated rings. The first-order valence-corrected chi connectivity index (χ1v) is 7.88. The molecular weight excluding hydrogens is 272 g/mol. The van der Waals surface area contributed by atoms with E-state index in [1.54, 1.807) is 0 Å². The first-order valence-electron chi connectivity index (χ1n) is 7.88. The number of rotatable bonds is 13. The van der Waals surface area contributed by atoms with Crippen molar-refractivity contribution in [2.75, 3.05) is 0 Å². The summed E-state index contributed by atoms with van der Waals surface area (Å²) in [5.74, 6) is 4.33. The number of aliphatic carboxylic acids is 2. The Labute approximate surface area is 127 Å². The van der Waals surface area contributed by atoms with Crippen molar-refractivity contribution in [3.8, 4) is 0 Å². The van der Waals surface area contributed by atoms with Crippen LogP contribution in [0, 0.1) is 5.92 Å². The Morgan fingerprint density at radius 2 is 1.10 bits per heavy atom. The van der Waals surface area contributed by atoms with Crippen LogP contribution in [0.4, 0.5) is 0 Å². The molecule has 0 saturated carbocycles. The van der Waals surface area contributed by atoms with E-state index in [2.05, 4.69) is 18.6 Å². The van der Waals surface area contributed by atoms with Crippen LogP contribution in [-0.4, -0.2) is 22.2 Å². The van der Waals surface area contributed by atoms with Gasteiger partial charge in [0.2, 0.25) is 0 Å². The smallest absolute Gasteiger partial charge is 0.317 e. The summed E-state index contributed by atoms with van der Waals surface area (Å²) >= 11 is 0. The van der Waals surface area contributed by atoms with E-state index in [0.29, 0.717) is 6.42 Å². The highest BCUT2D eigenvalue weighted by Crippen LogP contribution is 2.14. The molecule has 0 aliphatic heterocycles. The van der Waals surface area contributed by atoms with Crippen LogP contribution in [0.25, 0.3) is 0 Å². The van der Waals surface area contributed by atoms with Gasteiger partial charge in [-0.2, -0.15) is 0 Å². The summed E-state index contributed by atoms with van der Waals surface area (Å²) in [7, 11) is 0. The summed E-state index contributed by atoms with van der Waals surface area (Å²) in [6, 6.07) is 0. The lowest BCUT2D eigenvalue weighted by atomic mass is 10.00. The number of hydrogen-bond donors (Lipinski definition) is 4. The molecular formula is C15H32N2O4. The fourth-order valence-corrected chi connectivity index (χ4v) is 2.19. The van der Waals surface area contributed by atoms with E-state index >= 15 is 0 Å². The third-order valence-electron chi connectivity index (χ3n) is 3.44. The van der Waals surface area contributed by atoms with Gasteiger partial charge >= 0.3 is 11.9 Å².